The highest BCUT2D eigenvalue weighted by Crippen LogP contribution is 2.29. The molecule has 5 rings (SSSR count). The minimum absolute atomic E-state index is 0.0582. The number of aromatic nitrogens is 1. The van der Waals surface area contributed by atoms with Crippen molar-refractivity contribution in [3.8, 4) is 0 Å². The number of thiazole rings is 1. The second kappa shape index (κ2) is 7.46. The van der Waals surface area contributed by atoms with Crippen LogP contribution in [-0.4, -0.2) is 64.4 Å². The topological polar surface area (TPSA) is 77.6 Å². The molecule has 2 amide bonds. The molecule has 3 aliphatic heterocycles. The van der Waals surface area contributed by atoms with Gasteiger partial charge in [-0.25, -0.2) is 9.78 Å². The SMILES string of the molecule is O=C(N1Cc2ccc(Br)cc2C1)N1CC(N[C@@]2(C(=O)c3nccs3)CCNC2)C1. The molecule has 1 aromatic carbocycles. The molecule has 2 aromatic rings. The quantitative estimate of drug-likeness (QED) is 0.662. The Hall–Kier alpha value is -1.81. The van der Waals surface area contributed by atoms with E-state index in [-0.39, 0.29) is 17.9 Å². The number of Topliss-reactive ketones (excluding diaryl/α,β-unsaturated/α-hetero) is 1. The highest BCUT2D eigenvalue weighted by atomic mass is 79.9. The monoisotopic (exact) mass is 475 g/mol. The van der Waals surface area contributed by atoms with E-state index in [4.69, 9.17) is 0 Å². The highest BCUT2D eigenvalue weighted by Gasteiger charge is 2.46. The Kier molecular flexibility index (Phi) is 4.93. The molecule has 0 unspecified atom stereocenters. The highest BCUT2D eigenvalue weighted by molar-refractivity contribution is 9.10. The van der Waals surface area contributed by atoms with E-state index in [0.29, 0.717) is 37.7 Å². The van der Waals surface area contributed by atoms with Crippen molar-refractivity contribution < 1.29 is 9.59 Å². The molecule has 2 saturated heterocycles. The molecule has 29 heavy (non-hydrogen) atoms. The summed E-state index contributed by atoms with van der Waals surface area (Å²) in [5.41, 5.74) is 1.79. The Morgan fingerprint density at radius 3 is 2.79 bits per heavy atom. The molecule has 0 radical (unpaired) electrons. The third-order valence-corrected chi connectivity index (χ3v) is 7.28. The predicted molar refractivity (Wildman–Crippen MR) is 114 cm³/mol. The van der Waals surface area contributed by atoms with Crippen LogP contribution in [0.1, 0.15) is 27.3 Å². The van der Waals surface area contributed by atoms with Gasteiger partial charge in [-0.15, -0.1) is 11.3 Å². The normalized spacial score (nSPS) is 23.9. The zero-order chi connectivity index (χ0) is 20.0. The van der Waals surface area contributed by atoms with Gasteiger partial charge in [-0.05, 0) is 36.2 Å². The van der Waals surface area contributed by atoms with Crippen LogP contribution >= 0.6 is 27.3 Å². The summed E-state index contributed by atoms with van der Waals surface area (Å²) < 4.78 is 1.04. The van der Waals surface area contributed by atoms with Crippen LogP contribution in [0.3, 0.4) is 0 Å². The molecule has 2 fully saturated rings. The number of hydrogen-bond donors (Lipinski definition) is 2. The van der Waals surface area contributed by atoms with Crippen molar-refractivity contribution in [2.24, 2.45) is 0 Å². The second-order valence-electron chi connectivity index (χ2n) is 7.97. The molecule has 0 bridgehead atoms. The van der Waals surface area contributed by atoms with E-state index in [9.17, 15) is 9.59 Å². The largest absolute Gasteiger partial charge is 0.321 e. The van der Waals surface area contributed by atoms with E-state index in [0.717, 1.165) is 17.4 Å². The number of nitrogens with one attached hydrogen (secondary N) is 2. The third kappa shape index (κ3) is 3.50. The first-order valence-corrected chi connectivity index (χ1v) is 11.5. The van der Waals surface area contributed by atoms with E-state index in [1.807, 2.05) is 21.2 Å². The van der Waals surface area contributed by atoms with E-state index in [1.165, 1.54) is 22.5 Å². The van der Waals surface area contributed by atoms with Crippen molar-refractivity contribution in [1.29, 1.82) is 0 Å². The molecule has 0 spiro atoms. The first-order valence-electron chi connectivity index (χ1n) is 9.78. The maximum atomic E-state index is 13.0. The molecule has 7 nitrogen and oxygen atoms in total. The van der Waals surface area contributed by atoms with Crippen LogP contribution in [0.4, 0.5) is 4.79 Å². The lowest BCUT2D eigenvalue weighted by Gasteiger charge is -2.45. The van der Waals surface area contributed by atoms with Crippen molar-refractivity contribution >= 4 is 39.1 Å². The molecule has 0 aliphatic carbocycles. The number of benzene rings is 1. The number of likely N-dealkylation sites (tertiary alicyclic amines) is 1. The number of urea groups is 1. The smallest absolute Gasteiger partial charge is 0.320 e. The van der Waals surface area contributed by atoms with Crippen LogP contribution in [-0.2, 0) is 13.1 Å². The lowest BCUT2D eigenvalue weighted by atomic mass is 9.90. The van der Waals surface area contributed by atoms with Gasteiger partial charge >= 0.3 is 6.03 Å². The Morgan fingerprint density at radius 1 is 1.24 bits per heavy atom. The summed E-state index contributed by atoms with van der Waals surface area (Å²) in [7, 11) is 0. The van der Waals surface area contributed by atoms with Crippen LogP contribution in [0.15, 0.2) is 34.2 Å². The fourth-order valence-electron chi connectivity index (χ4n) is 4.43. The molecule has 9 heteroatoms. The minimum Gasteiger partial charge on any atom is -0.321 e. The predicted octanol–water partition coefficient (Wildman–Crippen LogP) is 2.23. The lowest BCUT2D eigenvalue weighted by Crippen LogP contribution is -2.68. The molecule has 4 heterocycles. The van der Waals surface area contributed by atoms with Crippen LogP contribution in [0.2, 0.25) is 0 Å². The first kappa shape index (κ1) is 19.2. The standard InChI is InChI=1S/C20H22BrN5O2S/c21-15-2-1-13-8-25(9-14(13)7-15)19(28)26-10-16(11-26)24-20(3-4-22-12-20)17(27)18-23-5-6-29-18/h1-2,5-7,16,22,24H,3-4,8-12H2/t20-/m0/s1. The van der Waals surface area contributed by atoms with Crippen molar-refractivity contribution in [3.05, 3.63) is 50.4 Å². The van der Waals surface area contributed by atoms with E-state index in [1.54, 1.807) is 6.20 Å². The van der Waals surface area contributed by atoms with Crippen molar-refractivity contribution in [2.75, 3.05) is 26.2 Å². The summed E-state index contributed by atoms with van der Waals surface area (Å²) in [5, 5.41) is 9.24. The number of carbonyl (C=O) groups excluding carboxylic acids is 2. The third-order valence-electron chi connectivity index (χ3n) is 6.01. The Bertz CT molecular complexity index is 938. The van der Waals surface area contributed by atoms with E-state index < -0.39 is 5.54 Å². The fraction of sp³-hybridized carbons (Fsp3) is 0.450. The minimum atomic E-state index is -0.617. The average Bonchev–Trinajstić information content (AvgIpc) is 3.43. The zero-order valence-electron chi connectivity index (χ0n) is 15.9. The zero-order valence-corrected chi connectivity index (χ0v) is 18.3. The summed E-state index contributed by atoms with van der Waals surface area (Å²) in [6, 6.07) is 6.38. The Balaban J connectivity index is 1.20. The molecule has 152 valence electrons. The summed E-state index contributed by atoms with van der Waals surface area (Å²) in [6.07, 6.45) is 2.41. The van der Waals surface area contributed by atoms with Gasteiger partial charge in [0.1, 0.15) is 0 Å². The van der Waals surface area contributed by atoms with Gasteiger partial charge in [0.25, 0.3) is 0 Å². The second-order valence-corrected chi connectivity index (χ2v) is 9.78. The van der Waals surface area contributed by atoms with Crippen molar-refractivity contribution in [2.45, 2.75) is 31.1 Å². The molecule has 1 aromatic heterocycles. The number of fused-ring (bicyclic) bond motifs is 1. The number of rotatable bonds is 4. The van der Waals surface area contributed by atoms with Gasteiger partial charge in [0.2, 0.25) is 5.78 Å². The van der Waals surface area contributed by atoms with Crippen LogP contribution in [0, 0.1) is 0 Å². The number of halogens is 1. The molecule has 0 saturated carbocycles. The summed E-state index contributed by atoms with van der Waals surface area (Å²) in [6.45, 7) is 3.98. The van der Waals surface area contributed by atoms with Gasteiger partial charge < -0.3 is 15.1 Å². The van der Waals surface area contributed by atoms with Crippen molar-refractivity contribution in [1.82, 2.24) is 25.4 Å². The van der Waals surface area contributed by atoms with Gasteiger partial charge in [0.15, 0.2) is 5.01 Å². The fourth-order valence-corrected chi connectivity index (χ4v) is 5.51. The van der Waals surface area contributed by atoms with E-state index >= 15 is 0 Å². The van der Waals surface area contributed by atoms with Crippen LogP contribution in [0.25, 0.3) is 0 Å². The molecular formula is C20H22BrN5O2S. The lowest BCUT2D eigenvalue weighted by molar-refractivity contribution is 0.0724. The van der Waals surface area contributed by atoms with Gasteiger partial charge in [-0.3, -0.25) is 10.1 Å². The molecule has 1 atom stereocenters. The molecular weight excluding hydrogens is 454 g/mol. The van der Waals surface area contributed by atoms with Crippen LogP contribution < -0.4 is 10.6 Å². The van der Waals surface area contributed by atoms with E-state index in [2.05, 4.69) is 43.7 Å². The number of amides is 2. The first-order chi connectivity index (χ1) is 14.0. The Labute approximate surface area is 181 Å². The summed E-state index contributed by atoms with van der Waals surface area (Å²) >= 11 is 4.88. The number of carbonyl (C=O) groups is 2. The number of hydrogen-bond acceptors (Lipinski definition) is 6. The number of nitrogens with zero attached hydrogens (tertiary/aromatic N) is 3. The van der Waals surface area contributed by atoms with Crippen molar-refractivity contribution in [3.63, 3.8) is 0 Å². The summed E-state index contributed by atoms with van der Waals surface area (Å²) in [4.78, 5) is 33.9. The van der Waals surface area contributed by atoms with Gasteiger partial charge in [0, 0.05) is 54.8 Å². The maximum absolute atomic E-state index is 13.0. The molecule has 3 aliphatic rings. The van der Waals surface area contributed by atoms with Gasteiger partial charge in [0.05, 0.1) is 5.54 Å². The Morgan fingerprint density at radius 2 is 2.07 bits per heavy atom. The molecule has 2 N–H and O–H groups in total. The maximum Gasteiger partial charge on any atom is 0.320 e. The van der Waals surface area contributed by atoms with Gasteiger partial charge in [-0.1, -0.05) is 22.0 Å². The summed E-state index contributed by atoms with van der Waals surface area (Å²) in [5.74, 6) is 0.0582. The average molecular weight is 476 g/mol. The van der Waals surface area contributed by atoms with Crippen LogP contribution in [0.5, 0.6) is 0 Å². The number of ketones is 1. The van der Waals surface area contributed by atoms with Gasteiger partial charge in [-0.2, -0.15) is 0 Å².